The molecule has 0 aromatic rings. The third-order valence-electron chi connectivity index (χ3n) is 1.53. The van der Waals surface area contributed by atoms with Gasteiger partial charge in [0.1, 0.15) is 0 Å². The summed E-state index contributed by atoms with van der Waals surface area (Å²) in [6, 6.07) is 0. The maximum Gasteiger partial charge on any atom is 0.0720 e. The molecule has 3 unspecified atom stereocenters. The monoisotopic (exact) mass is 148 g/mol. The Hall–Kier alpha value is 0.645. The first-order chi connectivity index (χ1) is 3.72. The van der Waals surface area contributed by atoms with Crippen LogP contribution in [0.4, 0.5) is 0 Å². The Bertz CT molecular complexity index is 76.5. The van der Waals surface area contributed by atoms with E-state index in [1.165, 1.54) is 0 Å². The second kappa shape index (κ2) is 2.49. The van der Waals surface area contributed by atoms with Crippen LogP contribution >= 0.6 is 23.2 Å². The first-order valence-electron chi connectivity index (χ1n) is 2.75. The SMILES string of the molecule is [B]C1CCC(Cl)C1Cl. The molecule has 3 atom stereocenters. The van der Waals surface area contributed by atoms with Crippen LogP contribution in [0.2, 0.25) is 5.82 Å². The topological polar surface area (TPSA) is 0 Å². The minimum Gasteiger partial charge on any atom is -0.122 e. The lowest BCUT2D eigenvalue weighted by Gasteiger charge is -2.07. The molecule has 1 aliphatic carbocycles. The van der Waals surface area contributed by atoms with Crippen molar-refractivity contribution in [1.29, 1.82) is 0 Å². The predicted octanol–water partition coefficient (Wildman–Crippen LogP) is 1.95. The maximum absolute atomic E-state index is 5.76. The molecule has 1 fully saturated rings. The van der Waals surface area contributed by atoms with Crippen molar-refractivity contribution < 1.29 is 0 Å². The molecule has 0 spiro atoms. The lowest BCUT2D eigenvalue weighted by molar-refractivity contribution is 0.883. The van der Waals surface area contributed by atoms with Gasteiger partial charge in [-0.1, -0.05) is 12.2 Å². The van der Waals surface area contributed by atoms with E-state index in [1.807, 2.05) is 0 Å². The zero-order valence-corrected chi connectivity index (χ0v) is 5.99. The van der Waals surface area contributed by atoms with E-state index in [2.05, 4.69) is 0 Å². The summed E-state index contributed by atoms with van der Waals surface area (Å²) in [4.78, 5) is 0. The van der Waals surface area contributed by atoms with Crippen LogP contribution in [0, 0.1) is 0 Å². The molecular weight excluding hydrogens is 142 g/mol. The average molecular weight is 149 g/mol. The summed E-state index contributed by atoms with van der Waals surface area (Å²) in [6.45, 7) is 0. The summed E-state index contributed by atoms with van der Waals surface area (Å²) >= 11 is 11.5. The first-order valence-corrected chi connectivity index (χ1v) is 3.63. The molecule has 1 saturated carbocycles. The Morgan fingerprint density at radius 2 is 1.88 bits per heavy atom. The van der Waals surface area contributed by atoms with Gasteiger partial charge in [0.15, 0.2) is 0 Å². The largest absolute Gasteiger partial charge is 0.122 e. The summed E-state index contributed by atoms with van der Waals surface area (Å²) in [5.74, 6) is 0.124. The van der Waals surface area contributed by atoms with Crippen LogP contribution in [0.5, 0.6) is 0 Å². The van der Waals surface area contributed by atoms with Crippen LogP contribution in [0.3, 0.4) is 0 Å². The van der Waals surface area contributed by atoms with Gasteiger partial charge >= 0.3 is 0 Å². The second-order valence-corrected chi connectivity index (χ2v) is 3.27. The van der Waals surface area contributed by atoms with Gasteiger partial charge in [0, 0.05) is 10.8 Å². The number of alkyl halides is 2. The molecule has 1 rings (SSSR count). The average Bonchev–Trinajstić information content (AvgIpc) is 1.98. The lowest BCUT2D eigenvalue weighted by atomic mass is 9.86. The second-order valence-electron chi connectivity index (χ2n) is 2.20. The van der Waals surface area contributed by atoms with Crippen molar-refractivity contribution in [2.45, 2.75) is 29.4 Å². The Morgan fingerprint density at radius 1 is 1.25 bits per heavy atom. The Labute approximate surface area is 61.0 Å². The minimum absolute atomic E-state index is 0.00309. The Kier molecular flexibility index (Phi) is 2.10. The van der Waals surface area contributed by atoms with Crippen molar-refractivity contribution in [2.75, 3.05) is 0 Å². The van der Waals surface area contributed by atoms with Crippen molar-refractivity contribution in [1.82, 2.24) is 0 Å². The highest BCUT2D eigenvalue weighted by Crippen LogP contribution is 2.35. The molecule has 8 heavy (non-hydrogen) atoms. The maximum atomic E-state index is 5.76. The lowest BCUT2D eigenvalue weighted by Crippen LogP contribution is -2.09. The summed E-state index contributed by atoms with van der Waals surface area (Å²) in [6.07, 6.45) is 1.94. The van der Waals surface area contributed by atoms with E-state index in [9.17, 15) is 0 Å². The van der Waals surface area contributed by atoms with E-state index in [4.69, 9.17) is 31.0 Å². The molecule has 0 saturated heterocycles. The zero-order chi connectivity index (χ0) is 6.15. The van der Waals surface area contributed by atoms with E-state index in [0.29, 0.717) is 0 Å². The zero-order valence-electron chi connectivity index (χ0n) is 4.48. The molecule has 0 aliphatic heterocycles. The van der Waals surface area contributed by atoms with E-state index in [1.54, 1.807) is 0 Å². The van der Waals surface area contributed by atoms with Crippen LogP contribution in [-0.4, -0.2) is 18.6 Å². The summed E-state index contributed by atoms with van der Waals surface area (Å²) in [5, 5.41) is 0.100. The van der Waals surface area contributed by atoms with E-state index >= 15 is 0 Å². The summed E-state index contributed by atoms with van der Waals surface area (Å²) < 4.78 is 0. The van der Waals surface area contributed by atoms with Crippen molar-refractivity contribution in [2.24, 2.45) is 0 Å². The van der Waals surface area contributed by atoms with Crippen LogP contribution in [0.25, 0.3) is 0 Å². The number of hydrogen-bond acceptors (Lipinski definition) is 0. The van der Waals surface area contributed by atoms with Gasteiger partial charge in [0.25, 0.3) is 0 Å². The normalized spacial score (nSPS) is 47.5. The highest BCUT2D eigenvalue weighted by atomic mass is 35.5. The molecule has 0 aromatic carbocycles. The van der Waals surface area contributed by atoms with Crippen molar-refractivity contribution in [3.05, 3.63) is 0 Å². The van der Waals surface area contributed by atoms with Gasteiger partial charge < -0.3 is 0 Å². The summed E-state index contributed by atoms with van der Waals surface area (Å²) in [5.41, 5.74) is 0. The minimum atomic E-state index is -0.00309. The smallest absolute Gasteiger partial charge is 0.0720 e. The van der Waals surface area contributed by atoms with Gasteiger partial charge in [-0.15, -0.1) is 23.2 Å². The highest BCUT2D eigenvalue weighted by molar-refractivity contribution is 6.33. The van der Waals surface area contributed by atoms with Crippen LogP contribution in [-0.2, 0) is 0 Å². The molecule has 0 bridgehead atoms. The fourth-order valence-corrected chi connectivity index (χ4v) is 1.50. The molecule has 0 amide bonds. The molecule has 44 valence electrons. The van der Waals surface area contributed by atoms with E-state index < -0.39 is 0 Å². The molecule has 3 heteroatoms. The van der Waals surface area contributed by atoms with Crippen molar-refractivity contribution in [3.8, 4) is 0 Å². The Balaban J connectivity index is 2.44. The molecule has 0 N–H and O–H groups in total. The van der Waals surface area contributed by atoms with Gasteiger partial charge in [0.05, 0.1) is 7.85 Å². The van der Waals surface area contributed by atoms with E-state index in [-0.39, 0.29) is 16.6 Å². The summed E-state index contributed by atoms with van der Waals surface area (Å²) in [7, 11) is 5.55. The molecule has 1 aliphatic rings. The third kappa shape index (κ3) is 1.14. The highest BCUT2D eigenvalue weighted by Gasteiger charge is 2.29. The molecule has 0 heterocycles. The molecule has 0 nitrogen and oxygen atoms in total. The van der Waals surface area contributed by atoms with Crippen molar-refractivity contribution >= 4 is 31.0 Å². The van der Waals surface area contributed by atoms with Gasteiger partial charge in [-0.05, 0) is 6.42 Å². The molecule has 0 aromatic heterocycles. The third-order valence-corrected chi connectivity index (χ3v) is 2.78. The quantitative estimate of drug-likeness (QED) is 0.364. The van der Waals surface area contributed by atoms with Gasteiger partial charge in [-0.2, -0.15) is 0 Å². The number of rotatable bonds is 0. The molecular formula is C5H7BCl2. The standard InChI is InChI=1S/C5H7BCl2/c6-3-1-2-4(7)5(3)8/h3-5H,1-2H2. The number of halogens is 2. The van der Waals surface area contributed by atoms with E-state index in [0.717, 1.165) is 12.8 Å². The van der Waals surface area contributed by atoms with Crippen molar-refractivity contribution in [3.63, 3.8) is 0 Å². The predicted molar refractivity (Wildman–Crippen MR) is 38.0 cm³/mol. The van der Waals surface area contributed by atoms with Gasteiger partial charge in [0.2, 0.25) is 0 Å². The van der Waals surface area contributed by atoms with Crippen LogP contribution < -0.4 is 0 Å². The molecule has 2 radical (unpaired) electrons. The van der Waals surface area contributed by atoms with Gasteiger partial charge in [-0.25, -0.2) is 0 Å². The van der Waals surface area contributed by atoms with Crippen LogP contribution in [0.1, 0.15) is 12.8 Å². The fourth-order valence-electron chi connectivity index (χ4n) is 0.938. The fraction of sp³-hybridized carbons (Fsp3) is 1.00. The first kappa shape index (κ1) is 6.76. The Morgan fingerprint density at radius 3 is 2.00 bits per heavy atom. The van der Waals surface area contributed by atoms with Gasteiger partial charge in [-0.3, -0.25) is 0 Å². The van der Waals surface area contributed by atoms with Crippen LogP contribution in [0.15, 0.2) is 0 Å². The number of hydrogen-bond donors (Lipinski definition) is 0.